The molecule has 2 aliphatic heterocycles. The number of halogens is 2. The van der Waals surface area contributed by atoms with Gasteiger partial charge >= 0.3 is 0 Å². The molecule has 0 aliphatic carbocycles. The first-order valence-electron chi connectivity index (χ1n) is 12.0. The molecule has 6 rings (SSSR count). The molecule has 5 nitrogen and oxygen atoms in total. The fourth-order valence-corrected chi connectivity index (χ4v) is 6.18. The Hall–Kier alpha value is -3.29. The Labute approximate surface area is 232 Å². The highest BCUT2D eigenvalue weighted by Crippen LogP contribution is 2.51. The Balaban J connectivity index is 1.36. The molecule has 0 radical (unpaired) electrons. The summed E-state index contributed by atoms with van der Waals surface area (Å²) in [6.45, 7) is 0.463. The fourth-order valence-electron chi connectivity index (χ4n) is 4.83. The van der Waals surface area contributed by atoms with Gasteiger partial charge in [-0.2, -0.15) is 5.10 Å². The third kappa shape index (κ3) is 4.74. The van der Waals surface area contributed by atoms with Crippen LogP contribution in [0.3, 0.4) is 0 Å². The predicted molar refractivity (Wildman–Crippen MR) is 151 cm³/mol. The van der Waals surface area contributed by atoms with E-state index in [1.54, 1.807) is 7.11 Å². The zero-order valence-electron chi connectivity index (χ0n) is 20.1. The van der Waals surface area contributed by atoms with Crippen LogP contribution in [-0.2, 0) is 6.61 Å². The molecule has 0 saturated carbocycles. The van der Waals surface area contributed by atoms with Gasteiger partial charge in [0.2, 0.25) is 6.23 Å². The number of ether oxygens (including phenoxy) is 3. The average Bonchev–Trinajstić information content (AvgIpc) is 3.39. The van der Waals surface area contributed by atoms with Gasteiger partial charge in [0, 0.05) is 22.0 Å². The summed E-state index contributed by atoms with van der Waals surface area (Å²) in [5, 5.41) is 7.14. The van der Waals surface area contributed by atoms with Crippen LogP contribution < -0.4 is 14.2 Å². The third-order valence-electron chi connectivity index (χ3n) is 6.63. The smallest absolute Gasteiger partial charge is 0.214 e. The van der Waals surface area contributed by atoms with Gasteiger partial charge in [-0.05, 0) is 57.4 Å². The number of nitrogens with zero attached hydrogens (tertiary/aromatic N) is 2. The van der Waals surface area contributed by atoms with Crippen molar-refractivity contribution in [1.82, 2.24) is 5.01 Å². The standard InChI is InChI=1S/C30H24Br2N2O3/c1-35-28-14-21(12-13-27(28)36-18-19-8-4-2-5-9-19)30-34-26(17-25(33-34)20-10-6-3-7-11-20)23-15-22(31)16-24(32)29(23)37-30/h2-16,26,30H,17-18H2,1H3/t26-,30+/m1/s1. The minimum Gasteiger partial charge on any atom is -0.493 e. The summed E-state index contributed by atoms with van der Waals surface area (Å²) < 4.78 is 20.3. The van der Waals surface area contributed by atoms with Crippen LogP contribution in [0.25, 0.3) is 0 Å². The van der Waals surface area contributed by atoms with Crippen molar-refractivity contribution < 1.29 is 14.2 Å². The lowest BCUT2D eigenvalue weighted by Crippen LogP contribution is -2.34. The number of rotatable bonds is 6. The van der Waals surface area contributed by atoms with Crippen molar-refractivity contribution in [3.05, 3.63) is 122 Å². The summed E-state index contributed by atoms with van der Waals surface area (Å²) in [5.74, 6) is 2.17. The molecule has 0 bridgehead atoms. The SMILES string of the molecule is COc1cc([C@@H]2Oc3c(Br)cc(Br)cc3[C@H]3CC(c4ccccc4)=NN32)ccc1OCc1ccccc1. The summed E-state index contributed by atoms with van der Waals surface area (Å²) in [7, 11) is 1.66. The van der Waals surface area contributed by atoms with Crippen LogP contribution in [0.5, 0.6) is 17.2 Å². The second-order valence-corrected chi connectivity index (χ2v) is 10.7. The largest absolute Gasteiger partial charge is 0.493 e. The molecule has 0 unspecified atom stereocenters. The molecule has 7 heteroatoms. The molecule has 37 heavy (non-hydrogen) atoms. The molecule has 2 atom stereocenters. The molecule has 0 saturated heterocycles. The maximum absolute atomic E-state index is 6.63. The van der Waals surface area contributed by atoms with Gasteiger partial charge in [0.05, 0.1) is 23.3 Å². The van der Waals surface area contributed by atoms with E-state index in [1.807, 2.05) is 72.8 Å². The van der Waals surface area contributed by atoms with Crippen molar-refractivity contribution in [3.63, 3.8) is 0 Å². The zero-order chi connectivity index (χ0) is 25.4. The zero-order valence-corrected chi connectivity index (χ0v) is 23.3. The van der Waals surface area contributed by atoms with E-state index >= 15 is 0 Å². The molecule has 4 aromatic rings. The first kappa shape index (κ1) is 24.1. The van der Waals surface area contributed by atoms with Crippen LogP contribution in [0.2, 0.25) is 0 Å². The highest BCUT2D eigenvalue weighted by molar-refractivity contribution is 9.11. The summed E-state index contributed by atoms with van der Waals surface area (Å²) >= 11 is 7.36. The summed E-state index contributed by atoms with van der Waals surface area (Å²) in [4.78, 5) is 0. The van der Waals surface area contributed by atoms with E-state index in [-0.39, 0.29) is 6.04 Å². The maximum atomic E-state index is 6.63. The van der Waals surface area contributed by atoms with Crippen LogP contribution >= 0.6 is 31.9 Å². The molecule has 4 aromatic carbocycles. The summed E-state index contributed by atoms with van der Waals surface area (Å²) in [6.07, 6.45) is 0.364. The number of benzene rings is 4. The lowest BCUT2D eigenvalue weighted by Gasteiger charge is -2.38. The Bertz CT molecular complexity index is 1460. The maximum Gasteiger partial charge on any atom is 0.214 e. The fraction of sp³-hybridized carbons (Fsp3) is 0.167. The van der Waals surface area contributed by atoms with Gasteiger partial charge < -0.3 is 14.2 Å². The number of fused-ring (bicyclic) bond motifs is 3. The quantitative estimate of drug-likeness (QED) is 0.219. The van der Waals surface area contributed by atoms with Gasteiger partial charge in [-0.25, -0.2) is 5.01 Å². The van der Waals surface area contributed by atoms with Crippen LogP contribution in [0, 0.1) is 0 Å². The Morgan fingerprint density at radius 1 is 0.919 bits per heavy atom. The topological polar surface area (TPSA) is 43.3 Å². The second-order valence-electron chi connectivity index (χ2n) is 8.97. The van der Waals surface area contributed by atoms with E-state index in [4.69, 9.17) is 19.3 Å². The number of hydrogen-bond acceptors (Lipinski definition) is 5. The van der Waals surface area contributed by atoms with Crippen molar-refractivity contribution in [2.45, 2.75) is 25.3 Å². The van der Waals surface area contributed by atoms with Crippen molar-refractivity contribution in [1.29, 1.82) is 0 Å². The van der Waals surface area contributed by atoms with E-state index in [0.717, 1.165) is 49.1 Å². The van der Waals surface area contributed by atoms with Crippen molar-refractivity contribution in [2.75, 3.05) is 7.11 Å². The van der Waals surface area contributed by atoms with Gasteiger partial charge in [0.25, 0.3) is 0 Å². The van der Waals surface area contributed by atoms with Gasteiger partial charge in [-0.15, -0.1) is 0 Å². The van der Waals surface area contributed by atoms with Crippen LogP contribution in [-0.4, -0.2) is 17.8 Å². The number of hydrazone groups is 1. The lowest BCUT2D eigenvalue weighted by molar-refractivity contribution is -0.0198. The molecular formula is C30H24Br2N2O3. The molecular weight excluding hydrogens is 596 g/mol. The first-order chi connectivity index (χ1) is 18.1. The van der Waals surface area contributed by atoms with E-state index in [9.17, 15) is 0 Å². The van der Waals surface area contributed by atoms with Crippen molar-refractivity contribution in [2.24, 2.45) is 5.10 Å². The van der Waals surface area contributed by atoms with Gasteiger partial charge in [-0.3, -0.25) is 0 Å². The Morgan fingerprint density at radius 2 is 1.68 bits per heavy atom. The Kier molecular flexibility index (Phi) is 6.65. The van der Waals surface area contributed by atoms with Crippen molar-refractivity contribution in [3.8, 4) is 17.2 Å². The normalized spacial score (nSPS) is 17.9. The van der Waals surface area contributed by atoms with Crippen molar-refractivity contribution >= 4 is 37.6 Å². The molecule has 0 fully saturated rings. The van der Waals surface area contributed by atoms with E-state index in [2.05, 4.69) is 55.1 Å². The number of hydrogen-bond donors (Lipinski definition) is 0. The molecule has 0 aromatic heterocycles. The molecule has 0 amide bonds. The summed E-state index contributed by atoms with van der Waals surface area (Å²) in [6, 6.07) is 30.5. The highest BCUT2D eigenvalue weighted by atomic mass is 79.9. The van der Waals surface area contributed by atoms with Gasteiger partial charge in [0.15, 0.2) is 11.5 Å². The van der Waals surface area contributed by atoms with Crippen LogP contribution in [0.15, 0.2) is 105 Å². The minimum atomic E-state index is -0.423. The molecule has 0 N–H and O–H groups in total. The highest BCUT2D eigenvalue weighted by Gasteiger charge is 2.42. The Morgan fingerprint density at radius 3 is 2.43 bits per heavy atom. The molecule has 2 heterocycles. The van der Waals surface area contributed by atoms with E-state index < -0.39 is 6.23 Å². The molecule has 2 aliphatic rings. The van der Waals surface area contributed by atoms with Crippen LogP contribution in [0.4, 0.5) is 0 Å². The van der Waals surface area contributed by atoms with E-state index in [1.165, 1.54) is 0 Å². The summed E-state index contributed by atoms with van der Waals surface area (Å²) in [5.41, 5.74) is 5.29. The van der Waals surface area contributed by atoms with Gasteiger partial charge in [0.1, 0.15) is 12.4 Å². The van der Waals surface area contributed by atoms with Gasteiger partial charge in [-0.1, -0.05) is 76.6 Å². The average molecular weight is 620 g/mol. The van der Waals surface area contributed by atoms with E-state index in [0.29, 0.717) is 18.1 Å². The minimum absolute atomic E-state index is 0.0396. The third-order valence-corrected chi connectivity index (χ3v) is 7.67. The van der Waals surface area contributed by atoms with Crippen LogP contribution in [0.1, 0.15) is 40.9 Å². The predicted octanol–water partition coefficient (Wildman–Crippen LogP) is 8.04. The number of methoxy groups -OCH3 is 1. The first-order valence-corrected chi connectivity index (χ1v) is 13.6. The molecule has 186 valence electrons. The monoisotopic (exact) mass is 618 g/mol. The molecule has 0 spiro atoms. The second kappa shape index (κ2) is 10.2. The lowest BCUT2D eigenvalue weighted by atomic mass is 9.96.